The van der Waals surface area contributed by atoms with Crippen LogP contribution in [0.1, 0.15) is 37.1 Å². The molecular formula is C20H29N7O2. The van der Waals surface area contributed by atoms with Crippen molar-refractivity contribution in [3.8, 4) is 0 Å². The highest BCUT2D eigenvalue weighted by Gasteiger charge is 2.15. The van der Waals surface area contributed by atoms with Gasteiger partial charge in [-0.15, -0.1) is 5.10 Å². The zero-order chi connectivity index (χ0) is 20.6. The molecule has 9 nitrogen and oxygen atoms in total. The van der Waals surface area contributed by atoms with Gasteiger partial charge in [-0.05, 0) is 37.5 Å². The summed E-state index contributed by atoms with van der Waals surface area (Å²) in [4.78, 5) is 18.0. The number of aliphatic imine (C=N–C) groups is 1. The van der Waals surface area contributed by atoms with Crippen LogP contribution < -0.4 is 15.5 Å². The lowest BCUT2D eigenvalue weighted by Crippen LogP contribution is -2.38. The third-order valence-corrected chi connectivity index (χ3v) is 4.96. The Balaban J connectivity index is 1.54. The normalized spacial score (nSPS) is 15.3. The Hall–Kier alpha value is -3.10. The van der Waals surface area contributed by atoms with Crippen LogP contribution in [0.3, 0.4) is 0 Å². The average Bonchev–Trinajstić information content (AvgIpc) is 3.43. The highest BCUT2D eigenvalue weighted by atomic mass is 16.5. The number of nitrogens with one attached hydrogen (secondary N) is 2. The number of carbonyl (C=O) groups excluding carboxylic acids is 1. The van der Waals surface area contributed by atoms with Crippen LogP contribution in [0.4, 0.5) is 5.69 Å². The molecule has 1 aromatic heterocycles. The van der Waals surface area contributed by atoms with Crippen LogP contribution in [0.25, 0.3) is 0 Å². The molecule has 0 saturated carbocycles. The predicted molar refractivity (Wildman–Crippen MR) is 112 cm³/mol. The van der Waals surface area contributed by atoms with E-state index in [-0.39, 0.29) is 18.6 Å². The zero-order valence-corrected chi connectivity index (χ0v) is 17.3. The summed E-state index contributed by atoms with van der Waals surface area (Å²) >= 11 is 0. The van der Waals surface area contributed by atoms with Gasteiger partial charge in [-0.25, -0.2) is 4.68 Å². The van der Waals surface area contributed by atoms with E-state index in [4.69, 9.17) is 0 Å². The van der Waals surface area contributed by atoms with Gasteiger partial charge in [0, 0.05) is 25.8 Å². The minimum atomic E-state index is -0.364. The van der Waals surface area contributed by atoms with Gasteiger partial charge in [-0.2, -0.15) is 0 Å². The van der Waals surface area contributed by atoms with E-state index in [1.165, 1.54) is 35.9 Å². The van der Waals surface area contributed by atoms with Gasteiger partial charge >= 0.3 is 5.97 Å². The number of hydrogen-bond acceptors (Lipinski definition) is 6. The van der Waals surface area contributed by atoms with Crippen molar-refractivity contribution in [2.75, 3.05) is 32.1 Å². The quantitative estimate of drug-likeness (QED) is 0.413. The molecule has 0 bridgehead atoms. The first-order valence-electron chi connectivity index (χ1n) is 9.87. The monoisotopic (exact) mass is 399 g/mol. The Morgan fingerprint density at radius 1 is 1.34 bits per heavy atom. The molecule has 2 N–H and O–H groups in total. The molecule has 156 valence electrons. The number of methoxy groups -OCH3 is 1. The number of aromatic nitrogens is 3. The summed E-state index contributed by atoms with van der Waals surface area (Å²) in [5, 5.41) is 14.6. The maximum absolute atomic E-state index is 11.3. The van der Waals surface area contributed by atoms with Crippen LogP contribution in [0.15, 0.2) is 35.5 Å². The summed E-state index contributed by atoms with van der Waals surface area (Å²) in [7, 11) is 3.08. The van der Waals surface area contributed by atoms with Crippen LogP contribution >= 0.6 is 0 Å². The van der Waals surface area contributed by atoms with Gasteiger partial charge in [0.15, 0.2) is 5.96 Å². The summed E-state index contributed by atoms with van der Waals surface area (Å²) in [5.41, 5.74) is 3.20. The fourth-order valence-corrected chi connectivity index (χ4v) is 3.32. The topological polar surface area (TPSA) is 96.7 Å². The number of rotatable bonds is 7. The zero-order valence-electron chi connectivity index (χ0n) is 17.3. The van der Waals surface area contributed by atoms with Gasteiger partial charge in [0.25, 0.3) is 0 Å². The molecular weight excluding hydrogens is 370 g/mol. The molecule has 1 aromatic carbocycles. The molecule has 3 rings (SSSR count). The molecule has 1 aliphatic heterocycles. The van der Waals surface area contributed by atoms with Crippen molar-refractivity contribution in [3.63, 3.8) is 0 Å². The van der Waals surface area contributed by atoms with Crippen LogP contribution in [0.2, 0.25) is 0 Å². The summed E-state index contributed by atoms with van der Waals surface area (Å²) in [5.74, 6) is 0.309. The molecule has 1 saturated heterocycles. The number of nitrogens with zero attached hydrogens (tertiary/aromatic N) is 5. The van der Waals surface area contributed by atoms with E-state index in [0.29, 0.717) is 18.2 Å². The molecule has 1 unspecified atom stereocenters. The molecule has 0 radical (unpaired) electrons. The van der Waals surface area contributed by atoms with Gasteiger partial charge < -0.3 is 20.3 Å². The van der Waals surface area contributed by atoms with Gasteiger partial charge in [0.1, 0.15) is 12.2 Å². The van der Waals surface area contributed by atoms with E-state index in [2.05, 4.69) is 66.8 Å². The molecule has 1 aliphatic rings. The van der Waals surface area contributed by atoms with E-state index >= 15 is 0 Å². The van der Waals surface area contributed by atoms with Crippen molar-refractivity contribution in [2.45, 2.75) is 38.9 Å². The van der Waals surface area contributed by atoms with Crippen molar-refractivity contribution >= 4 is 17.6 Å². The minimum absolute atomic E-state index is 0.0425. The Morgan fingerprint density at radius 2 is 2.14 bits per heavy atom. The molecule has 9 heteroatoms. The molecule has 0 amide bonds. The molecule has 1 fully saturated rings. The summed E-state index contributed by atoms with van der Waals surface area (Å²) in [6.45, 7) is 4.86. The Morgan fingerprint density at radius 3 is 2.86 bits per heavy atom. The van der Waals surface area contributed by atoms with Gasteiger partial charge in [-0.3, -0.25) is 9.79 Å². The van der Waals surface area contributed by atoms with E-state index in [9.17, 15) is 4.79 Å². The van der Waals surface area contributed by atoms with Crippen LogP contribution in [-0.4, -0.2) is 54.2 Å². The summed E-state index contributed by atoms with van der Waals surface area (Å²) in [6.07, 6.45) is 4.23. The molecule has 2 heterocycles. The summed E-state index contributed by atoms with van der Waals surface area (Å²) in [6, 6.07) is 8.75. The second-order valence-electron chi connectivity index (χ2n) is 7.06. The lowest BCUT2D eigenvalue weighted by molar-refractivity contribution is -0.141. The standard InChI is InChI=1S/C20H29N7O2/c1-15(16-7-6-8-18(11-16)26-9-4-5-10-26)23-20(21-2)22-12-17-13-27(25-24-17)14-19(28)29-3/h6-8,11,13,15H,4-5,9-10,12,14H2,1-3H3,(H2,21,22,23). The first-order valence-corrected chi connectivity index (χ1v) is 9.87. The number of benzene rings is 1. The molecule has 2 aromatic rings. The van der Waals surface area contributed by atoms with Crippen molar-refractivity contribution in [2.24, 2.45) is 4.99 Å². The molecule has 1 atom stereocenters. The molecule has 29 heavy (non-hydrogen) atoms. The molecule has 0 spiro atoms. The SMILES string of the molecule is CN=C(NCc1cn(CC(=O)OC)nn1)NC(C)c1cccc(N2CCCC2)c1. The average molecular weight is 399 g/mol. The van der Waals surface area contributed by atoms with Crippen LogP contribution in [0.5, 0.6) is 0 Å². The largest absolute Gasteiger partial charge is 0.468 e. The van der Waals surface area contributed by atoms with Gasteiger partial charge in [-0.1, -0.05) is 17.3 Å². The number of ether oxygens (including phenoxy) is 1. The minimum Gasteiger partial charge on any atom is -0.468 e. The Labute approximate surface area is 171 Å². The van der Waals surface area contributed by atoms with E-state index in [1.807, 2.05) is 0 Å². The van der Waals surface area contributed by atoms with Crippen molar-refractivity contribution in [3.05, 3.63) is 41.7 Å². The van der Waals surface area contributed by atoms with E-state index in [1.54, 1.807) is 13.2 Å². The maximum atomic E-state index is 11.3. The smallest absolute Gasteiger partial charge is 0.327 e. The first-order chi connectivity index (χ1) is 14.1. The lowest BCUT2D eigenvalue weighted by Gasteiger charge is -2.22. The lowest BCUT2D eigenvalue weighted by atomic mass is 10.1. The fraction of sp³-hybridized carbons (Fsp3) is 0.500. The highest BCUT2D eigenvalue weighted by molar-refractivity contribution is 5.80. The Kier molecular flexibility index (Phi) is 7.04. The first kappa shape index (κ1) is 20.6. The second kappa shape index (κ2) is 9.90. The third kappa shape index (κ3) is 5.69. The van der Waals surface area contributed by atoms with Crippen molar-refractivity contribution < 1.29 is 9.53 Å². The number of guanidine groups is 1. The Bertz CT molecular complexity index is 843. The van der Waals surface area contributed by atoms with Crippen LogP contribution in [-0.2, 0) is 22.6 Å². The number of esters is 1. The van der Waals surface area contributed by atoms with E-state index < -0.39 is 0 Å². The van der Waals surface area contributed by atoms with Crippen molar-refractivity contribution in [1.29, 1.82) is 0 Å². The van der Waals surface area contributed by atoms with E-state index in [0.717, 1.165) is 13.1 Å². The van der Waals surface area contributed by atoms with Gasteiger partial charge in [0.2, 0.25) is 0 Å². The number of anilines is 1. The van der Waals surface area contributed by atoms with Crippen molar-refractivity contribution in [1.82, 2.24) is 25.6 Å². The van der Waals surface area contributed by atoms with Gasteiger partial charge in [0.05, 0.1) is 25.9 Å². The highest BCUT2D eigenvalue weighted by Crippen LogP contribution is 2.23. The second-order valence-corrected chi connectivity index (χ2v) is 7.06. The molecule has 0 aliphatic carbocycles. The number of carbonyl (C=O) groups is 1. The van der Waals surface area contributed by atoms with Crippen LogP contribution in [0, 0.1) is 0 Å². The summed E-state index contributed by atoms with van der Waals surface area (Å²) < 4.78 is 6.08. The third-order valence-electron chi connectivity index (χ3n) is 4.96. The fourth-order valence-electron chi connectivity index (χ4n) is 3.32. The number of hydrogen-bond donors (Lipinski definition) is 2. The maximum Gasteiger partial charge on any atom is 0.327 e. The predicted octanol–water partition coefficient (Wildman–Crippen LogP) is 1.48.